The number of ether oxygens (including phenoxy) is 1. The number of hydrogen-bond acceptors (Lipinski definition) is 3. The fourth-order valence-corrected chi connectivity index (χ4v) is 1.73. The number of esters is 1. The third-order valence-electron chi connectivity index (χ3n) is 2.90. The molecule has 0 bridgehead atoms. The van der Waals surface area contributed by atoms with Gasteiger partial charge in [0.25, 0.3) is 5.91 Å². The van der Waals surface area contributed by atoms with E-state index >= 15 is 0 Å². The van der Waals surface area contributed by atoms with Crippen LogP contribution in [0.1, 0.15) is 15.9 Å². The van der Waals surface area contributed by atoms with Crippen LogP contribution in [0.2, 0.25) is 0 Å². The van der Waals surface area contributed by atoms with Gasteiger partial charge < -0.3 is 10.1 Å². The molecule has 5 heteroatoms. The largest absolute Gasteiger partial charge is 0.452 e. The van der Waals surface area contributed by atoms with Crippen LogP contribution in [0.5, 0.6) is 0 Å². The number of benzene rings is 2. The van der Waals surface area contributed by atoms with E-state index in [1.165, 1.54) is 24.3 Å². The standard InChI is InChI=1S/C18H12N2O3/c1-3-13-4-8-16(9-5-13)20-17(21)12-23-18(22)14-6-10-15(19-2)11-7-14/h1,4-11H,12H2,(H,20,21). The van der Waals surface area contributed by atoms with E-state index in [1.54, 1.807) is 24.3 Å². The van der Waals surface area contributed by atoms with Crippen LogP contribution in [0.3, 0.4) is 0 Å². The van der Waals surface area contributed by atoms with Gasteiger partial charge >= 0.3 is 5.97 Å². The normalized spacial score (nSPS) is 9.30. The Hall–Kier alpha value is -3.57. The number of amides is 1. The number of terminal acetylenes is 1. The van der Waals surface area contributed by atoms with Crippen molar-refractivity contribution in [1.82, 2.24) is 0 Å². The first kappa shape index (κ1) is 15.8. The molecule has 5 nitrogen and oxygen atoms in total. The quantitative estimate of drug-likeness (QED) is 0.536. The third kappa shape index (κ3) is 4.45. The molecule has 112 valence electrons. The third-order valence-corrected chi connectivity index (χ3v) is 2.90. The van der Waals surface area contributed by atoms with Crippen molar-refractivity contribution in [1.29, 1.82) is 0 Å². The summed E-state index contributed by atoms with van der Waals surface area (Å²) < 4.78 is 4.92. The highest BCUT2D eigenvalue weighted by atomic mass is 16.5. The Labute approximate surface area is 133 Å². The molecule has 2 rings (SSSR count). The summed E-state index contributed by atoms with van der Waals surface area (Å²) >= 11 is 0. The number of carbonyl (C=O) groups is 2. The van der Waals surface area contributed by atoms with E-state index in [0.29, 0.717) is 16.9 Å². The van der Waals surface area contributed by atoms with Crippen molar-refractivity contribution in [3.63, 3.8) is 0 Å². The predicted octanol–water partition coefficient (Wildman–Crippen LogP) is 3.01. The van der Waals surface area contributed by atoms with Crippen molar-refractivity contribution in [3.8, 4) is 12.3 Å². The van der Waals surface area contributed by atoms with E-state index in [1.807, 2.05) is 0 Å². The highest BCUT2D eigenvalue weighted by Crippen LogP contribution is 2.13. The van der Waals surface area contributed by atoms with Crippen LogP contribution < -0.4 is 5.32 Å². The molecule has 23 heavy (non-hydrogen) atoms. The Morgan fingerprint density at radius 1 is 1.13 bits per heavy atom. The van der Waals surface area contributed by atoms with Crippen LogP contribution in [0, 0.1) is 18.9 Å². The van der Waals surface area contributed by atoms with Gasteiger partial charge in [-0.2, -0.15) is 0 Å². The molecule has 0 saturated carbocycles. The molecule has 0 heterocycles. The molecule has 0 aliphatic carbocycles. The highest BCUT2D eigenvalue weighted by molar-refractivity contribution is 5.95. The average Bonchev–Trinajstić information content (AvgIpc) is 2.60. The van der Waals surface area contributed by atoms with Crippen molar-refractivity contribution in [2.45, 2.75) is 0 Å². The van der Waals surface area contributed by atoms with Gasteiger partial charge in [-0.3, -0.25) is 4.79 Å². The molecule has 2 aromatic carbocycles. The number of nitrogens with zero attached hydrogens (tertiary/aromatic N) is 1. The minimum atomic E-state index is -0.626. The summed E-state index contributed by atoms with van der Waals surface area (Å²) in [6.45, 7) is 6.43. The Kier molecular flexibility index (Phi) is 5.12. The van der Waals surface area contributed by atoms with E-state index in [-0.39, 0.29) is 5.56 Å². The van der Waals surface area contributed by atoms with Gasteiger partial charge in [-0.1, -0.05) is 30.2 Å². The Balaban J connectivity index is 1.86. The molecule has 1 N–H and O–H groups in total. The number of hydrogen-bond donors (Lipinski definition) is 1. The van der Waals surface area contributed by atoms with Gasteiger partial charge in [-0.05, 0) is 24.3 Å². The Morgan fingerprint density at radius 2 is 1.78 bits per heavy atom. The molecular weight excluding hydrogens is 292 g/mol. The minimum absolute atomic E-state index is 0.281. The number of nitrogens with one attached hydrogen (secondary N) is 1. The zero-order valence-corrected chi connectivity index (χ0v) is 12.1. The second kappa shape index (κ2) is 7.44. The molecule has 0 aliphatic heterocycles. The van der Waals surface area contributed by atoms with Crippen molar-refractivity contribution in [2.75, 3.05) is 11.9 Å². The first-order valence-corrected chi connectivity index (χ1v) is 6.63. The lowest BCUT2D eigenvalue weighted by molar-refractivity contribution is -0.119. The SMILES string of the molecule is [C-]#[N+]c1ccc(C(=O)OCC(=O)Nc2ccc(C#C)cc2)cc1. The number of anilines is 1. The maximum atomic E-state index is 11.8. The zero-order valence-electron chi connectivity index (χ0n) is 12.1. The molecular formula is C18H12N2O3. The van der Waals surface area contributed by atoms with E-state index in [2.05, 4.69) is 16.1 Å². The van der Waals surface area contributed by atoms with E-state index in [0.717, 1.165) is 0 Å². The highest BCUT2D eigenvalue weighted by Gasteiger charge is 2.10. The van der Waals surface area contributed by atoms with Crippen molar-refractivity contribution >= 4 is 23.3 Å². The summed E-state index contributed by atoms with van der Waals surface area (Å²) in [5.41, 5.74) is 1.97. The summed E-state index contributed by atoms with van der Waals surface area (Å²) in [7, 11) is 0. The first-order chi connectivity index (χ1) is 11.1. The molecule has 1 amide bonds. The smallest absolute Gasteiger partial charge is 0.338 e. The maximum absolute atomic E-state index is 11.8. The monoisotopic (exact) mass is 304 g/mol. The summed E-state index contributed by atoms with van der Waals surface area (Å²) in [5.74, 6) is 1.39. The zero-order chi connectivity index (χ0) is 16.7. The molecule has 0 atom stereocenters. The van der Waals surface area contributed by atoms with Gasteiger partial charge in [0.05, 0.1) is 12.1 Å². The molecule has 0 radical (unpaired) electrons. The molecule has 0 saturated heterocycles. The van der Waals surface area contributed by atoms with Gasteiger partial charge in [0, 0.05) is 11.3 Å². The maximum Gasteiger partial charge on any atom is 0.338 e. The fourth-order valence-electron chi connectivity index (χ4n) is 1.73. The lowest BCUT2D eigenvalue weighted by atomic mass is 10.2. The van der Waals surface area contributed by atoms with Gasteiger partial charge in [-0.15, -0.1) is 6.42 Å². The van der Waals surface area contributed by atoms with Crippen LogP contribution in [-0.4, -0.2) is 18.5 Å². The van der Waals surface area contributed by atoms with E-state index in [9.17, 15) is 9.59 Å². The summed E-state index contributed by atoms with van der Waals surface area (Å²) in [4.78, 5) is 26.7. The summed E-state index contributed by atoms with van der Waals surface area (Å²) in [6.07, 6.45) is 5.24. The molecule has 0 unspecified atom stereocenters. The number of carbonyl (C=O) groups excluding carboxylic acids is 2. The lowest BCUT2D eigenvalue weighted by Crippen LogP contribution is -2.20. The van der Waals surface area contributed by atoms with Crippen molar-refractivity contribution in [3.05, 3.63) is 71.1 Å². The molecule has 0 aromatic heterocycles. The second-order valence-electron chi connectivity index (χ2n) is 4.50. The average molecular weight is 304 g/mol. The van der Waals surface area contributed by atoms with Gasteiger partial charge in [0.1, 0.15) is 0 Å². The van der Waals surface area contributed by atoms with Gasteiger partial charge in [0.15, 0.2) is 12.3 Å². The summed E-state index contributed by atoms with van der Waals surface area (Å²) in [5, 5.41) is 2.59. The van der Waals surface area contributed by atoms with Crippen LogP contribution in [0.15, 0.2) is 48.5 Å². The van der Waals surface area contributed by atoms with Crippen molar-refractivity contribution in [2.24, 2.45) is 0 Å². The van der Waals surface area contributed by atoms with E-state index in [4.69, 9.17) is 17.7 Å². The number of rotatable bonds is 4. The molecule has 0 aliphatic rings. The second-order valence-corrected chi connectivity index (χ2v) is 4.50. The van der Waals surface area contributed by atoms with Crippen LogP contribution >= 0.6 is 0 Å². The van der Waals surface area contributed by atoms with Crippen LogP contribution in [0.25, 0.3) is 4.85 Å². The van der Waals surface area contributed by atoms with Crippen LogP contribution in [0.4, 0.5) is 11.4 Å². The topological polar surface area (TPSA) is 59.8 Å². The van der Waals surface area contributed by atoms with Gasteiger partial charge in [-0.25, -0.2) is 9.64 Å². The van der Waals surface area contributed by atoms with E-state index < -0.39 is 18.5 Å². The van der Waals surface area contributed by atoms with Crippen LogP contribution in [-0.2, 0) is 9.53 Å². The Bertz CT molecular complexity index is 794. The van der Waals surface area contributed by atoms with Gasteiger partial charge in [0.2, 0.25) is 0 Å². The molecule has 0 fully saturated rings. The predicted molar refractivity (Wildman–Crippen MR) is 86.0 cm³/mol. The Morgan fingerprint density at radius 3 is 2.35 bits per heavy atom. The first-order valence-electron chi connectivity index (χ1n) is 6.63. The molecule has 0 spiro atoms. The van der Waals surface area contributed by atoms with Crippen molar-refractivity contribution < 1.29 is 14.3 Å². The molecule has 2 aromatic rings. The lowest BCUT2D eigenvalue weighted by Gasteiger charge is -2.07. The fraction of sp³-hybridized carbons (Fsp3) is 0.0556. The minimum Gasteiger partial charge on any atom is -0.452 e. The summed E-state index contributed by atoms with van der Waals surface area (Å²) in [6, 6.07) is 12.7.